The standard InChI is InChI=1S/C33H38N4O4.C4H4O4/c1-39-30-22-26(23-31(40-2)33(30)41-3)29(38)15-17-37-28-14-8-7-13-27(28)34-32(37)24-36-20-18-35(19-21-36)16-9-12-25-10-5-4-6-11-25;5-3(6)1-2-4(7)8/h4-14,22-23H,15-21,24H2,1-3H3;1-2H,(H,5,6)(H,7,8). The number of benzene rings is 3. The Hall–Kier alpha value is -5.46. The van der Waals surface area contributed by atoms with Gasteiger partial charge >= 0.3 is 11.9 Å². The molecular formula is C37H42N4O8. The van der Waals surface area contributed by atoms with E-state index in [0.29, 0.717) is 47.9 Å². The van der Waals surface area contributed by atoms with Gasteiger partial charge in [-0.3, -0.25) is 14.6 Å². The first-order valence-corrected chi connectivity index (χ1v) is 15.8. The summed E-state index contributed by atoms with van der Waals surface area (Å²) in [5.41, 5.74) is 3.76. The highest BCUT2D eigenvalue weighted by Gasteiger charge is 2.21. The van der Waals surface area contributed by atoms with Gasteiger partial charge in [0, 0.05) is 63.4 Å². The third kappa shape index (κ3) is 10.5. The van der Waals surface area contributed by atoms with Crippen molar-refractivity contribution < 1.29 is 38.8 Å². The van der Waals surface area contributed by atoms with E-state index in [4.69, 9.17) is 29.4 Å². The minimum atomic E-state index is -1.26. The Bertz CT molecular complexity index is 1730. The van der Waals surface area contributed by atoms with Gasteiger partial charge in [-0.05, 0) is 29.8 Å². The van der Waals surface area contributed by atoms with Gasteiger partial charge in [-0.15, -0.1) is 0 Å². The molecule has 1 aliphatic heterocycles. The lowest BCUT2D eigenvalue weighted by Gasteiger charge is -2.34. The minimum Gasteiger partial charge on any atom is -0.493 e. The van der Waals surface area contributed by atoms with E-state index in [0.717, 1.165) is 56.1 Å². The largest absolute Gasteiger partial charge is 0.493 e. The molecule has 4 aromatic rings. The fraction of sp³-hybridized carbons (Fsp3) is 0.297. The molecule has 0 saturated carbocycles. The van der Waals surface area contributed by atoms with Crippen LogP contribution in [0.1, 0.15) is 28.2 Å². The van der Waals surface area contributed by atoms with E-state index >= 15 is 0 Å². The zero-order chi connectivity index (χ0) is 35.2. The maximum atomic E-state index is 13.3. The second-order valence-electron chi connectivity index (χ2n) is 11.2. The van der Waals surface area contributed by atoms with E-state index in [9.17, 15) is 14.4 Å². The van der Waals surface area contributed by atoms with Crippen molar-refractivity contribution in [3.63, 3.8) is 0 Å². The molecule has 0 spiro atoms. The normalized spacial score (nSPS) is 13.7. The van der Waals surface area contributed by atoms with Gasteiger partial charge in [0.15, 0.2) is 17.3 Å². The van der Waals surface area contributed by atoms with Crippen LogP contribution in [0.15, 0.2) is 85.0 Å². The highest BCUT2D eigenvalue weighted by molar-refractivity contribution is 5.97. The predicted molar refractivity (Wildman–Crippen MR) is 186 cm³/mol. The first kappa shape index (κ1) is 36.4. The molecule has 258 valence electrons. The van der Waals surface area contributed by atoms with E-state index in [1.165, 1.54) is 5.56 Å². The predicted octanol–water partition coefficient (Wildman–Crippen LogP) is 4.88. The monoisotopic (exact) mass is 670 g/mol. The smallest absolute Gasteiger partial charge is 0.328 e. The van der Waals surface area contributed by atoms with Gasteiger partial charge in [0.2, 0.25) is 5.75 Å². The second-order valence-corrected chi connectivity index (χ2v) is 11.2. The van der Waals surface area contributed by atoms with Crippen LogP contribution < -0.4 is 14.2 Å². The van der Waals surface area contributed by atoms with E-state index in [1.54, 1.807) is 33.5 Å². The number of imidazole rings is 1. The van der Waals surface area contributed by atoms with Crippen molar-refractivity contribution in [2.45, 2.75) is 19.5 Å². The van der Waals surface area contributed by atoms with E-state index in [-0.39, 0.29) is 5.78 Å². The third-order valence-corrected chi connectivity index (χ3v) is 7.95. The number of Topliss-reactive ketones (excluding diaryl/α,β-unsaturated/α-hetero) is 1. The van der Waals surface area contributed by atoms with E-state index in [2.05, 4.69) is 56.9 Å². The average molecular weight is 671 g/mol. The SMILES string of the molecule is COc1cc(C(=O)CCn2c(CN3CCN(CC=Cc4ccccc4)CC3)nc3ccccc32)cc(OC)c1OC.O=C(O)C=CC(=O)O. The van der Waals surface area contributed by atoms with Crippen molar-refractivity contribution in [2.75, 3.05) is 54.1 Å². The fourth-order valence-corrected chi connectivity index (χ4v) is 5.47. The van der Waals surface area contributed by atoms with Crippen molar-refractivity contribution in [3.05, 3.63) is 102 Å². The summed E-state index contributed by atoms with van der Waals surface area (Å²) in [6.07, 6.45) is 5.88. The molecule has 0 radical (unpaired) electrons. The van der Waals surface area contributed by atoms with Crippen LogP contribution in [0.5, 0.6) is 17.2 Å². The van der Waals surface area contributed by atoms with Gasteiger partial charge in [-0.1, -0.05) is 54.6 Å². The molecule has 12 nitrogen and oxygen atoms in total. The number of fused-ring (bicyclic) bond motifs is 1. The van der Waals surface area contributed by atoms with Crippen molar-refractivity contribution >= 4 is 34.8 Å². The average Bonchev–Trinajstić information content (AvgIpc) is 3.46. The van der Waals surface area contributed by atoms with Crippen LogP contribution in [0, 0.1) is 0 Å². The first-order chi connectivity index (χ1) is 23.7. The van der Waals surface area contributed by atoms with E-state index < -0.39 is 11.9 Å². The molecule has 0 aliphatic carbocycles. The number of aliphatic carboxylic acids is 2. The van der Waals surface area contributed by atoms with Crippen LogP contribution >= 0.6 is 0 Å². The van der Waals surface area contributed by atoms with Gasteiger partial charge in [0.25, 0.3) is 0 Å². The van der Waals surface area contributed by atoms with Gasteiger partial charge in [0.1, 0.15) is 5.82 Å². The third-order valence-electron chi connectivity index (χ3n) is 7.95. The molecule has 2 N–H and O–H groups in total. The Kier molecular flexibility index (Phi) is 13.5. The number of para-hydroxylation sites is 2. The van der Waals surface area contributed by atoms with Crippen LogP contribution in [0.2, 0.25) is 0 Å². The number of hydrogen-bond acceptors (Lipinski definition) is 9. The number of carbonyl (C=O) groups is 3. The Morgan fingerprint density at radius 2 is 1.39 bits per heavy atom. The molecule has 2 heterocycles. The molecule has 1 saturated heterocycles. The maximum absolute atomic E-state index is 13.3. The van der Waals surface area contributed by atoms with Gasteiger partial charge < -0.3 is 29.0 Å². The zero-order valence-corrected chi connectivity index (χ0v) is 27.9. The summed E-state index contributed by atoms with van der Waals surface area (Å²) in [6, 6.07) is 22.0. The number of aromatic nitrogens is 2. The lowest BCUT2D eigenvalue weighted by Crippen LogP contribution is -2.46. The maximum Gasteiger partial charge on any atom is 0.328 e. The number of aryl methyl sites for hydroxylation is 1. The van der Waals surface area contributed by atoms with E-state index in [1.807, 2.05) is 24.3 Å². The topological polar surface area (TPSA) is 144 Å². The quantitative estimate of drug-likeness (QED) is 0.140. The number of hydrogen-bond donors (Lipinski definition) is 2. The number of ketones is 1. The number of piperazine rings is 1. The van der Waals surface area contributed by atoms with Gasteiger partial charge in [-0.25, -0.2) is 14.6 Å². The first-order valence-electron chi connectivity index (χ1n) is 15.8. The van der Waals surface area contributed by atoms with Gasteiger partial charge in [0.05, 0.1) is 38.9 Å². The molecular weight excluding hydrogens is 628 g/mol. The molecule has 1 aliphatic rings. The molecule has 12 heteroatoms. The molecule has 0 unspecified atom stereocenters. The van der Waals surface area contributed by atoms with Crippen LogP contribution in [-0.2, 0) is 22.7 Å². The number of methoxy groups -OCH3 is 3. The molecule has 49 heavy (non-hydrogen) atoms. The van der Waals surface area contributed by atoms with Crippen molar-refractivity contribution in [1.29, 1.82) is 0 Å². The van der Waals surface area contributed by atoms with Gasteiger partial charge in [-0.2, -0.15) is 0 Å². The number of carbonyl (C=O) groups excluding carboxylic acids is 1. The van der Waals surface area contributed by atoms with Crippen LogP contribution in [-0.4, -0.2) is 101 Å². The number of ether oxygens (including phenoxy) is 3. The molecule has 1 fully saturated rings. The highest BCUT2D eigenvalue weighted by Crippen LogP contribution is 2.38. The molecule has 0 atom stereocenters. The Balaban J connectivity index is 0.000000603. The summed E-state index contributed by atoms with van der Waals surface area (Å²) in [6.45, 7) is 6.22. The Morgan fingerprint density at radius 1 is 0.796 bits per heavy atom. The highest BCUT2D eigenvalue weighted by atomic mass is 16.5. The van der Waals surface area contributed by atoms with Crippen molar-refractivity contribution in [3.8, 4) is 17.2 Å². The lowest BCUT2D eigenvalue weighted by molar-refractivity contribution is -0.134. The molecule has 1 aromatic heterocycles. The Morgan fingerprint density at radius 3 is 1.98 bits per heavy atom. The van der Waals surface area contributed by atoms with Crippen molar-refractivity contribution in [2.24, 2.45) is 0 Å². The summed E-state index contributed by atoms with van der Waals surface area (Å²) in [5.74, 6) is -0.106. The fourth-order valence-electron chi connectivity index (χ4n) is 5.47. The van der Waals surface area contributed by atoms with Crippen molar-refractivity contribution in [1.82, 2.24) is 19.4 Å². The Labute approximate surface area is 285 Å². The minimum absolute atomic E-state index is 0.00477. The second kappa shape index (κ2) is 18.2. The summed E-state index contributed by atoms with van der Waals surface area (Å²) >= 11 is 0. The number of carboxylic acids is 2. The molecule has 5 rings (SSSR count). The van der Waals surface area contributed by atoms with Crippen LogP contribution in [0.25, 0.3) is 17.1 Å². The summed E-state index contributed by atoms with van der Waals surface area (Å²) in [4.78, 5) is 42.3. The zero-order valence-electron chi connectivity index (χ0n) is 27.9. The summed E-state index contributed by atoms with van der Waals surface area (Å²) in [5, 5.41) is 15.6. The van der Waals surface area contributed by atoms with Crippen LogP contribution in [0.4, 0.5) is 0 Å². The number of carboxylic acid groups (broad SMARTS) is 2. The molecule has 3 aromatic carbocycles. The lowest BCUT2D eigenvalue weighted by atomic mass is 10.1. The summed E-state index contributed by atoms with van der Waals surface area (Å²) < 4.78 is 18.5. The number of rotatable bonds is 14. The molecule has 0 amide bonds. The van der Waals surface area contributed by atoms with Crippen LogP contribution in [0.3, 0.4) is 0 Å². The molecule has 0 bridgehead atoms. The number of nitrogens with zero attached hydrogens (tertiary/aromatic N) is 4. The summed E-state index contributed by atoms with van der Waals surface area (Å²) in [7, 11) is 4.66.